The number of benzene rings is 1. The number of hydrogen-bond donors (Lipinski definition) is 3. The topological polar surface area (TPSA) is 142 Å². The molecule has 47 heavy (non-hydrogen) atoms. The molecule has 3 aliphatic rings. The van der Waals surface area contributed by atoms with Crippen LogP contribution in [0.2, 0.25) is 0 Å². The van der Waals surface area contributed by atoms with Crippen molar-refractivity contribution in [2.75, 3.05) is 20.2 Å². The molecule has 4 atom stereocenters. The van der Waals surface area contributed by atoms with E-state index in [0.29, 0.717) is 6.54 Å². The van der Waals surface area contributed by atoms with Crippen LogP contribution in [0.4, 0.5) is 4.79 Å². The Morgan fingerprint density at radius 2 is 1.87 bits per heavy atom. The maximum Gasteiger partial charge on any atom is 0.405 e. The molecule has 0 bridgehead atoms. The zero-order valence-corrected chi connectivity index (χ0v) is 30.5. The predicted octanol–water partition coefficient (Wildman–Crippen LogP) is 6.61. The van der Waals surface area contributed by atoms with E-state index in [1.165, 1.54) is 43.4 Å². The van der Waals surface area contributed by atoms with E-state index in [-0.39, 0.29) is 47.9 Å². The average Bonchev–Trinajstić information content (AvgIpc) is 3.50. The van der Waals surface area contributed by atoms with Crippen molar-refractivity contribution in [1.82, 2.24) is 20.2 Å². The number of rotatable bonds is 11. The number of aromatic nitrogens is 2. The van der Waals surface area contributed by atoms with Gasteiger partial charge in [0.05, 0.1) is 18.1 Å². The molecule has 1 radical (unpaired) electrons. The van der Waals surface area contributed by atoms with Crippen molar-refractivity contribution in [2.24, 2.45) is 23.7 Å². The van der Waals surface area contributed by atoms with Crippen LogP contribution in [-0.2, 0) is 33.6 Å². The number of carbonyl (C=O) groups is 2. The van der Waals surface area contributed by atoms with E-state index in [1.54, 1.807) is 7.11 Å². The summed E-state index contributed by atoms with van der Waals surface area (Å²) < 4.78 is 5.24. The molecule has 1 aliphatic heterocycles. The van der Waals surface area contributed by atoms with E-state index in [9.17, 15) is 19.2 Å². The number of likely N-dealkylation sites (tertiary alicyclic amines) is 1. The molecule has 2 heterocycles. The van der Waals surface area contributed by atoms with Crippen LogP contribution in [-0.4, -0.2) is 64.5 Å². The first-order chi connectivity index (χ1) is 21.9. The number of ether oxygens (including phenoxy) is 1. The van der Waals surface area contributed by atoms with Gasteiger partial charge in [-0.25, -0.2) is 16.1 Å². The molecular formula is C36H55N4O6V-. The van der Waals surface area contributed by atoms with Gasteiger partial charge in [0, 0.05) is 36.6 Å². The van der Waals surface area contributed by atoms with Crippen molar-refractivity contribution in [3.63, 3.8) is 0 Å². The summed E-state index contributed by atoms with van der Waals surface area (Å²) in [7, 11) is 1.63. The minimum atomic E-state index is -1.24. The molecule has 5 rings (SSSR count). The number of aromatic amines is 1. The Bertz CT molecular complexity index is 1360. The normalized spacial score (nSPS) is 22.3. The third-order valence-electron chi connectivity index (χ3n) is 9.65. The summed E-state index contributed by atoms with van der Waals surface area (Å²) >= 11 is 0. The molecule has 10 nitrogen and oxygen atoms in total. The predicted molar refractivity (Wildman–Crippen MR) is 181 cm³/mol. The molecule has 3 fully saturated rings. The number of carboxylic acid groups (broad SMARTS) is 1. The SMILES string of the molecule is CC(C)C.CCC1CCN(C(=O)CNC(=O)O)C1[C-]=O.COc1ccc2nc(C3(CCCCC4CCCC4C)CC3)c(=O)[nH]c2c1.[V]. The van der Waals surface area contributed by atoms with Crippen LogP contribution in [0.5, 0.6) is 5.75 Å². The quantitative estimate of drug-likeness (QED) is 0.178. The Kier molecular flexibility index (Phi) is 16.5. The summed E-state index contributed by atoms with van der Waals surface area (Å²) in [5, 5.41) is 10.4. The minimum Gasteiger partial charge on any atom is -0.540 e. The molecule has 1 saturated heterocycles. The minimum absolute atomic E-state index is 0. The van der Waals surface area contributed by atoms with Crippen molar-refractivity contribution >= 4 is 29.3 Å². The summed E-state index contributed by atoms with van der Waals surface area (Å²) in [5.74, 6) is 3.19. The van der Waals surface area contributed by atoms with E-state index in [0.717, 1.165) is 72.3 Å². The number of nitrogens with zero attached hydrogens (tertiary/aromatic N) is 2. The number of methoxy groups -OCH3 is 1. The molecule has 2 amide bonds. The van der Waals surface area contributed by atoms with Crippen molar-refractivity contribution in [3.05, 3.63) is 34.2 Å². The number of unbranched alkanes of at least 4 members (excludes halogenated alkanes) is 1. The van der Waals surface area contributed by atoms with Crippen LogP contribution in [0, 0.1) is 23.7 Å². The van der Waals surface area contributed by atoms with Gasteiger partial charge in [-0.05, 0) is 61.5 Å². The van der Waals surface area contributed by atoms with Crippen molar-refractivity contribution in [1.29, 1.82) is 0 Å². The van der Waals surface area contributed by atoms with Crippen LogP contribution >= 0.6 is 0 Å². The van der Waals surface area contributed by atoms with Gasteiger partial charge in [0.1, 0.15) is 18.0 Å². The number of fused-ring (bicyclic) bond motifs is 1. The summed E-state index contributed by atoms with van der Waals surface area (Å²) in [5.41, 5.74) is 2.37. The second kappa shape index (κ2) is 19.2. The van der Waals surface area contributed by atoms with E-state index in [1.807, 2.05) is 36.7 Å². The van der Waals surface area contributed by atoms with Gasteiger partial charge in [-0.2, -0.15) is 0 Å². The molecule has 0 spiro atoms. The van der Waals surface area contributed by atoms with Gasteiger partial charge in [0.15, 0.2) is 0 Å². The van der Waals surface area contributed by atoms with E-state index < -0.39 is 12.1 Å². The van der Waals surface area contributed by atoms with Gasteiger partial charge < -0.3 is 29.8 Å². The maximum atomic E-state index is 12.6. The van der Waals surface area contributed by atoms with Gasteiger partial charge in [-0.15, -0.1) is 0 Å². The van der Waals surface area contributed by atoms with Crippen LogP contribution in [0.3, 0.4) is 0 Å². The first kappa shape index (κ1) is 40.3. The van der Waals surface area contributed by atoms with Crippen LogP contribution in [0.1, 0.15) is 111 Å². The van der Waals surface area contributed by atoms with Gasteiger partial charge in [-0.3, -0.25) is 9.59 Å². The summed E-state index contributed by atoms with van der Waals surface area (Å²) in [6.45, 7) is 11.1. The van der Waals surface area contributed by atoms with Crippen LogP contribution < -0.4 is 15.6 Å². The molecule has 11 heteroatoms. The number of nitrogens with one attached hydrogen (secondary N) is 2. The summed E-state index contributed by atoms with van der Waals surface area (Å²) in [6.07, 6.45) is 13.6. The molecular weight excluding hydrogens is 635 g/mol. The van der Waals surface area contributed by atoms with Crippen molar-refractivity contribution < 1.29 is 42.8 Å². The fraction of sp³-hybridized carbons (Fsp3) is 0.694. The second-order valence-corrected chi connectivity index (χ2v) is 14.0. The summed E-state index contributed by atoms with van der Waals surface area (Å²) in [6, 6.07) is 5.16. The van der Waals surface area contributed by atoms with E-state index in [2.05, 4.69) is 32.7 Å². The van der Waals surface area contributed by atoms with Gasteiger partial charge in [-0.1, -0.05) is 85.6 Å². The third-order valence-corrected chi connectivity index (χ3v) is 9.65. The largest absolute Gasteiger partial charge is 0.540 e. The molecule has 261 valence electrons. The number of amides is 2. The fourth-order valence-corrected chi connectivity index (χ4v) is 6.81. The fourth-order valence-electron chi connectivity index (χ4n) is 6.81. The van der Waals surface area contributed by atoms with Crippen molar-refractivity contribution in [2.45, 2.75) is 117 Å². The van der Waals surface area contributed by atoms with Crippen LogP contribution in [0.15, 0.2) is 23.0 Å². The Morgan fingerprint density at radius 1 is 1.17 bits per heavy atom. The van der Waals surface area contributed by atoms with Gasteiger partial charge in [0.25, 0.3) is 5.56 Å². The molecule has 1 aromatic heterocycles. The number of carbonyl (C=O) groups excluding carboxylic acids is 2. The standard InChI is InChI=1S/C22H30N2O2.C10H15N2O4.C4H10.V/c1-15-6-5-8-16(15)7-3-4-11-22(12-13-22)20-21(25)24-19-14-17(26-2)9-10-18(19)23-20;1-2-7-3-4-12(8(7)6-13)9(14)5-11-10(15)16;1-4(2)3;/h9-10,14-16H,3-8,11-13H2,1-2H3,(H,24,25);7-8,11H,2-5H2,1H3,(H,15,16);4H,1-3H3;/q;-1;;. The summed E-state index contributed by atoms with van der Waals surface area (Å²) in [4.78, 5) is 54.4. The number of hydrogen-bond acceptors (Lipinski definition) is 6. The molecule has 1 aromatic carbocycles. The number of H-pyrrole nitrogens is 1. The molecule has 3 N–H and O–H groups in total. The zero-order valence-electron chi connectivity index (χ0n) is 29.1. The van der Waals surface area contributed by atoms with Gasteiger partial charge >= 0.3 is 6.09 Å². The first-order valence-corrected chi connectivity index (χ1v) is 17.2. The zero-order chi connectivity index (χ0) is 33.9. The average molecular weight is 691 g/mol. The monoisotopic (exact) mass is 690 g/mol. The van der Waals surface area contributed by atoms with Crippen molar-refractivity contribution in [3.8, 4) is 5.75 Å². The first-order valence-electron chi connectivity index (χ1n) is 17.2. The molecule has 2 aromatic rings. The molecule has 2 saturated carbocycles. The molecule has 2 aliphatic carbocycles. The smallest absolute Gasteiger partial charge is 0.405 e. The van der Waals surface area contributed by atoms with Crippen LogP contribution in [0.25, 0.3) is 11.0 Å². The Balaban J connectivity index is 0.000000315. The Labute approximate surface area is 292 Å². The third kappa shape index (κ3) is 11.7. The second-order valence-electron chi connectivity index (χ2n) is 14.0. The van der Waals surface area contributed by atoms with Gasteiger partial charge in [0.2, 0.25) is 5.91 Å². The maximum absolute atomic E-state index is 12.6. The molecule has 4 unspecified atom stereocenters. The van der Waals surface area contributed by atoms with E-state index >= 15 is 0 Å². The Hall–Kier alpha value is -2.85. The van der Waals surface area contributed by atoms with E-state index in [4.69, 9.17) is 14.8 Å². The Morgan fingerprint density at radius 3 is 2.43 bits per heavy atom.